The van der Waals surface area contributed by atoms with Crippen LogP contribution in [0.2, 0.25) is 0 Å². The summed E-state index contributed by atoms with van der Waals surface area (Å²) in [5.74, 6) is 1.14. The van der Waals surface area contributed by atoms with Gasteiger partial charge in [0.15, 0.2) is 0 Å². The highest BCUT2D eigenvalue weighted by Gasteiger charge is 2.00. The van der Waals surface area contributed by atoms with Crippen LogP contribution in [-0.4, -0.2) is 17.3 Å². The average molecular weight is 334 g/mol. The Bertz CT molecular complexity index is 729. The van der Waals surface area contributed by atoms with Crippen LogP contribution in [0.1, 0.15) is 12.0 Å². The Hall–Kier alpha value is -2.10. The van der Waals surface area contributed by atoms with Gasteiger partial charge in [-0.05, 0) is 48.0 Å². The van der Waals surface area contributed by atoms with Crippen LogP contribution in [0, 0.1) is 0 Å². The summed E-state index contributed by atoms with van der Waals surface area (Å²) in [5.41, 5.74) is 3.62. The summed E-state index contributed by atoms with van der Waals surface area (Å²) in [6.07, 6.45) is 5.03. The number of thioether (sulfide) groups is 1. The third kappa shape index (κ3) is 5.22. The molecule has 0 radical (unpaired) electrons. The number of aromatic nitrogens is 1. The normalized spacial score (nSPS) is 10.7. The summed E-state index contributed by atoms with van der Waals surface area (Å²) in [7, 11) is 0. The molecule has 1 heterocycles. The number of nitrogens with zero attached hydrogens (tertiary/aromatic N) is 1. The van der Waals surface area contributed by atoms with Crippen LogP contribution in [0.15, 0.2) is 84.0 Å². The molecule has 3 rings (SSSR count). The molecule has 0 unspecified atom stereocenters. The molecule has 0 spiro atoms. The fraction of sp³-hybridized carbons (Fsp3) is 0.190. The molecule has 24 heavy (non-hydrogen) atoms. The molecule has 0 bridgehead atoms. The largest absolute Gasteiger partial charge is 0.313 e. The Morgan fingerprint density at radius 2 is 1.58 bits per heavy atom. The summed E-state index contributed by atoms with van der Waals surface area (Å²) in [4.78, 5) is 5.72. The lowest BCUT2D eigenvalue weighted by atomic mass is 10.1. The van der Waals surface area contributed by atoms with Gasteiger partial charge in [-0.2, -0.15) is 0 Å². The van der Waals surface area contributed by atoms with Crippen LogP contribution in [0.5, 0.6) is 0 Å². The van der Waals surface area contributed by atoms with E-state index in [0.29, 0.717) is 0 Å². The third-order valence-corrected chi connectivity index (χ3v) is 4.84. The van der Waals surface area contributed by atoms with Crippen molar-refractivity contribution < 1.29 is 0 Å². The molecule has 3 heteroatoms. The maximum atomic E-state index is 4.37. The van der Waals surface area contributed by atoms with Crippen molar-refractivity contribution in [3.05, 3.63) is 84.7 Å². The summed E-state index contributed by atoms with van der Waals surface area (Å²) in [5, 5.41) is 3.51. The molecule has 0 amide bonds. The first-order valence-electron chi connectivity index (χ1n) is 8.30. The van der Waals surface area contributed by atoms with Crippen molar-refractivity contribution in [2.24, 2.45) is 0 Å². The van der Waals surface area contributed by atoms with Crippen molar-refractivity contribution in [1.29, 1.82) is 0 Å². The molecule has 0 atom stereocenters. The summed E-state index contributed by atoms with van der Waals surface area (Å²) >= 11 is 1.91. The monoisotopic (exact) mass is 334 g/mol. The van der Waals surface area contributed by atoms with Gasteiger partial charge < -0.3 is 5.32 Å². The second-order valence-electron chi connectivity index (χ2n) is 5.64. The molecular formula is C21H22N2S. The van der Waals surface area contributed by atoms with E-state index in [-0.39, 0.29) is 0 Å². The van der Waals surface area contributed by atoms with Gasteiger partial charge in [0.25, 0.3) is 0 Å². The molecule has 1 N–H and O–H groups in total. The fourth-order valence-corrected chi connectivity index (χ4v) is 3.38. The Kier molecular flexibility index (Phi) is 6.46. The number of benzene rings is 2. The van der Waals surface area contributed by atoms with Gasteiger partial charge >= 0.3 is 0 Å². The summed E-state index contributed by atoms with van der Waals surface area (Å²) in [6, 6.07) is 23.2. The van der Waals surface area contributed by atoms with E-state index in [4.69, 9.17) is 0 Å². The Morgan fingerprint density at radius 3 is 2.38 bits per heavy atom. The molecular weight excluding hydrogens is 312 g/mol. The second-order valence-corrected chi connectivity index (χ2v) is 6.81. The molecule has 0 aliphatic rings. The van der Waals surface area contributed by atoms with E-state index in [0.717, 1.165) is 25.3 Å². The minimum Gasteiger partial charge on any atom is -0.313 e. The molecule has 122 valence electrons. The highest BCUT2D eigenvalue weighted by Crippen LogP contribution is 2.19. The number of rotatable bonds is 8. The predicted molar refractivity (Wildman–Crippen MR) is 103 cm³/mol. The lowest BCUT2D eigenvalue weighted by molar-refractivity contribution is 0.677. The van der Waals surface area contributed by atoms with Crippen molar-refractivity contribution in [2.45, 2.75) is 17.9 Å². The van der Waals surface area contributed by atoms with Gasteiger partial charge in [0, 0.05) is 29.4 Å². The quantitative estimate of drug-likeness (QED) is 0.462. The first-order chi connectivity index (χ1) is 11.9. The molecule has 0 saturated heterocycles. The van der Waals surface area contributed by atoms with E-state index in [1.165, 1.54) is 21.6 Å². The molecule has 3 aromatic rings. The molecule has 2 nitrogen and oxygen atoms in total. The number of pyridine rings is 1. The average Bonchev–Trinajstić information content (AvgIpc) is 2.66. The minimum absolute atomic E-state index is 0.865. The number of hydrogen-bond donors (Lipinski definition) is 1. The van der Waals surface area contributed by atoms with Gasteiger partial charge in [0.2, 0.25) is 0 Å². The van der Waals surface area contributed by atoms with Crippen LogP contribution in [0.25, 0.3) is 11.1 Å². The van der Waals surface area contributed by atoms with Crippen LogP contribution < -0.4 is 5.32 Å². The van der Waals surface area contributed by atoms with E-state index >= 15 is 0 Å². The first kappa shape index (κ1) is 16.7. The van der Waals surface area contributed by atoms with Crippen molar-refractivity contribution >= 4 is 11.8 Å². The second kappa shape index (κ2) is 9.26. The Labute approximate surface area is 148 Å². The number of hydrogen-bond acceptors (Lipinski definition) is 3. The van der Waals surface area contributed by atoms with E-state index in [2.05, 4.69) is 71.0 Å². The summed E-state index contributed by atoms with van der Waals surface area (Å²) < 4.78 is 0. The van der Waals surface area contributed by atoms with Crippen LogP contribution in [-0.2, 0) is 6.54 Å². The van der Waals surface area contributed by atoms with Crippen molar-refractivity contribution in [3.63, 3.8) is 0 Å². The smallest absolute Gasteiger partial charge is 0.0346 e. The SMILES string of the molecule is c1ccc(SCCCNCc2cncc(-c3ccccc3)c2)cc1. The standard InChI is InChI=1S/C21H22N2S/c1-3-8-19(9-4-1)20-14-18(16-23-17-20)15-22-12-7-13-24-21-10-5-2-6-11-21/h1-6,8-11,14,16-17,22H,7,12-13,15H2. The zero-order valence-electron chi connectivity index (χ0n) is 13.7. The third-order valence-electron chi connectivity index (χ3n) is 3.74. The zero-order valence-corrected chi connectivity index (χ0v) is 14.5. The molecule has 1 aromatic heterocycles. The predicted octanol–water partition coefficient (Wildman–Crippen LogP) is 5.02. The van der Waals surface area contributed by atoms with Crippen LogP contribution in [0.3, 0.4) is 0 Å². The van der Waals surface area contributed by atoms with Gasteiger partial charge in [0.05, 0.1) is 0 Å². The molecule has 0 saturated carbocycles. The lowest BCUT2D eigenvalue weighted by Crippen LogP contribution is -2.15. The topological polar surface area (TPSA) is 24.9 Å². The van der Waals surface area contributed by atoms with E-state index in [9.17, 15) is 0 Å². The first-order valence-corrected chi connectivity index (χ1v) is 9.28. The zero-order chi connectivity index (χ0) is 16.5. The van der Waals surface area contributed by atoms with Gasteiger partial charge in [-0.1, -0.05) is 48.5 Å². The van der Waals surface area contributed by atoms with Crippen molar-refractivity contribution in [2.75, 3.05) is 12.3 Å². The Balaban J connectivity index is 1.41. The van der Waals surface area contributed by atoms with Gasteiger partial charge in [-0.25, -0.2) is 0 Å². The molecule has 0 aliphatic carbocycles. The van der Waals surface area contributed by atoms with E-state index in [1.54, 1.807) is 0 Å². The molecule has 0 aliphatic heterocycles. The highest BCUT2D eigenvalue weighted by molar-refractivity contribution is 7.99. The van der Waals surface area contributed by atoms with Crippen molar-refractivity contribution in [3.8, 4) is 11.1 Å². The van der Waals surface area contributed by atoms with Gasteiger partial charge in [-0.15, -0.1) is 11.8 Å². The fourth-order valence-electron chi connectivity index (χ4n) is 2.51. The molecule has 2 aromatic carbocycles. The van der Waals surface area contributed by atoms with E-state index in [1.807, 2.05) is 30.2 Å². The maximum absolute atomic E-state index is 4.37. The lowest BCUT2D eigenvalue weighted by Gasteiger charge is -2.07. The molecule has 0 fully saturated rings. The Morgan fingerprint density at radius 1 is 0.833 bits per heavy atom. The van der Waals surface area contributed by atoms with Crippen LogP contribution in [0.4, 0.5) is 0 Å². The highest BCUT2D eigenvalue weighted by atomic mass is 32.2. The summed E-state index contributed by atoms with van der Waals surface area (Å²) in [6.45, 7) is 1.89. The van der Waals surface area contributed by atoms with Gasteiger partial charge in [0.1, 0.15) is 0 Å². The number of nitrogens with one attached hydrogen (secondary N) is 1. The maximum Gasteiger partial charge on any atom is 0.0346 e. The minimum atomic E-state index is 0.865. The van der Waals surface area contributed by atoms with Crippen molar-refractivity contribution in [1.82, 2.24) is 10.3 Å². The van der Waals surface area contributed by atoms with E-state index < -0.39 is 0 Å². The van der Waals surface area contributed by atoms with Crippen LogP contribution >= 0.6 is 11.8 Å². The van der Waals surface area contributed by atoms with Gasteiger partial charge in [-0.3, -0.25) is 4.98 Å².